The van der Waals surface area contributed by atoms with Gasteiger partial charge in [-0.2, -0.15) is 0 Å². The second-order valence-electron chi connectivity index (χ2n) is 5.39. The van der Waals surface area contributed by atoms with E-state index in [1.54, 1.807) is 11.8 Å². The molecule has 0 bridgehead atoms. The molecule has 0 radical (unpaired) electrons. The zero-order chi connectivity index (χ0) is 15.5. The number of carbonyl (C=O) groups excluding carboxylic acids is 1. The summed E-state index contributed by atoms with van der Waals surface area (Å²) in [5, 5.41) is 3.83. The summed E-state index contributed by atoms with van der Waals surface area (Å²) in [5.41, 5.74) is 2.18. The lowest BCUT2D eigenvalue weighted by atomic mass is 10.2. The minimum Gasteiger partial charge on any atom is -0.355 e. The molecule has 0 spiro atoms. The van der Waals surface area contributed by atoms with E-state index in [4.69, 9.17) is 0 Å². The predicted octanol–water partition coefficient (Wildman–Crippen LogP) is 3.61. The lowest BCUT2D eigenvalue weighted by molar-refractivity contribution is -0.120. The molecule has 1 saturated heterocycles. The molecule has 0 unspecified atom stereocenters. The van der Waals surface area contributed by atoms with E-state index in [0.717, 1.165) is 46.7 Å². The summed E-state index contributed by atoms with van der Waals surface area (Å²) >= 11 is 5.01. The zero-order valence-electron chi connectivity index (χ0n) is 12.4. The van der Waals surface area contributed by atoms with Gasteiger partial charge >= 0.3 is 0 Å². The van der Waals surface area contributed by atoms with Crippen LogP contribution >= 0.6 is 27.7 Å². The van der Waals surface area contributed by atoms with Crippen molar-refractivity contribution in [3.63, 3.8) is 0 Å². The molecule has 2 aromatic rings. The monoisotopic (exact) mass is 379 g/mol. The summed E-state index contributed by atoms with van der Waals surface area (Å²) in [6, 6.07) is 8.17. The van der Waals surface area contributed by atoms with Crippen molar-refractivity contribution in [3.05, 3.63) is 34.9 Å². The molecule has 22 heavy (non-hydrogen) atoms. The van der Waals surface area contributed by atoms with E-state index in [1.807, 2.05) is 25.4 Å². The number of benzene rings is 1. The smallest absolute Gasteiger partial charge is 0.233 e. The zero-order valence-corrected chi connectivity index (χ0v) is 14.8. The molecule has 3 rings (SSSR count). The van der Waals surface area contributed by atoms with Crippen molar-refractivity contribution < 1.29 is 4.79 Å². The lowest BCUT2D eigenvalue weighted by Crippen LogP contribution is -2.30. The third-order valence-electron chi connectivity index (χ3n) is 3.82. The van der Waals surface area contributed by atoms with Crippen LogP contribution in [0.1, 0.15) is 19.3 Å². The van der Waals surface area contributed by atoms with Gasteiger partial charge in [0.2, 0.25) is 5.91 Å². The SMILES string of the molecule is Cn1c(-c2ccc(Br)cc2)cnc1S[C@H]1CCCCNC1=O. The number of thioether (sulfide) groups is 1. The molecule has 1 aliphatic heterocycles. The summed E-state index contributed by atoms with van der Waals surface area (Å²) < 4.78 is 3.12. The number of carbonyl (C=O) groups is 1. The highest BCUT2D eigenvalue weighted by molar-refractivity contribution is 9.10. The van der Waals surface area contributed by atoms with Crippen LogP contribution in [-0.4, -0.2) is 27.3 Å². The van der Waals surface area contributed by atoms with E-state index in [9.17, 15) is 4.79 Å². The fourth-order valence-corrected chi connectivity index (χ4v) is 3.91. The van der Waals surface area contributed by atoms with Crippen molar-refractivity contribution in [2.24, 2.45) is 7.05 Å². The Hall–Kier alpha value is -1.27. The Balaban J connectivity index is 1.81. The van der Waals surface area contributed by atoms with Gasteiger partial charge in [-0.3, -0.25) is 4.79 Å². The molecule has 1 aliphatic rings. The normalized spacial score (nSPS) is 18.8. The Bertz CT molecular complexity index is 669. The summed E-state index contributed by atoms with van der Waals surface area (Å²) in [5.74, 6) is 0.135. The molecular formula is C16H18BrN3OS. The molecule has 1 amide bonds. The Kier molecular flexibility index (Phi) is 4.88. The van der Waals surface area contributed by atoms with Crippen molar-refractivity contribution in [1.29, 1.82) is 0 Å². The van der Waals surface area contributed by atoms with Crippen molar-refractivity contribution in [2.45, 2.75) is 29.7 Å². The van der Waals surface area contributed by atoms with Crippen LogP contribution < -0.4 is 5.32 Å². The number of nitrogens with one attached hydrogen (secondary N) is 1. The maximum absolute atomic E-state index is 12.1. The molecular weight excluding hydrogens is 362 g/mol. The molecule has 1 N–H and O–H groups in total. The maximum Gasteiger partial charge on any atom is 0.233 e. The van der Waals surface area contributed by atoms with Gasteiger partial charge in [-0.1, -0.05) is 46.2 Å². The second kappa shape index (κ2) is 6.87. The fourth-order valence-electron chi connectivity index (χ4n) is 2.54. The molecule has 6 heteroatoms. The van der Waals surface area contributed by atoms with Gasteiger partial charge in [-0.25, -0.2) is 4.98 Å². The van der Waals surface area contributed by atoms with E-state index in [2.05, 4.69) is 42.9 Å². The van der Waals surface area contributed by atoms with Gasteiger partial charge in [0, 0.05) is 18.1 Å². The highest BCUT2D eigenvalue weighted by atomic mass is 79.9. The van der Waals surface area contributed by atoms with E-state index in [0.29, 0.717) is 0 Å². The Labute approximate surface area is 142 Å². The van der Waals surface area contributed by atoms with Crippen LogP contribution in [0.4, 0.5) is 0 Å². The third-order valence-corrected chi connectivity index (χ3v) is 5.67. The first-order chi connectivity index (χ1) is 10.6. The van der Waals surface area contributed by atoms with Crippen molar-refractivity contribution >= 4 is 33.6 Å². The van der Waals surface area contributed by atoms with Crippen LogP contribution in [0.2, 0.25) is 0 Å². The van der Waals surface area contributed by atoms with Gasteiger partial charge < -0.3 is 9.88 Å². The Morgan fingerprint density at radius 3 is 2.86 bits per heavy atom. The van der Waals surface area contributed by atoms with Crippen LogP contribution in [0, 0.1) is 0 Å². The molecule has 0 aliphatic carbocycles. The van der Waals surface area contributed by atoms with Crippen molar-refractivity contribution in [1.82, 2.24) is 14.9 Å². The number of rotatable bonds is 3. The predicted molar refractivity (Wildman–Crippen MR) is 92.8 cm³/mol. The third kappa shape index (κ3) is 3.38. The maximum atomic E-state index is 12.1. The minimum atomic E-state index is -0.0404. The van der Waals surface area contributed by atoms with Gasteiger partial charge in [0.1, 0.15) is 0 Å². The summed E-state index contributed by atoms with van der Waals surface area (Å²) in [4.78, 5) is 16.6. The minimum absolute atomic E-state index is 0.0404. The summed E-state index contributed by atoms with van der Waals surface area (Å²) in [6.07, 6.45) is 4.94. The van der Waals surface area contributed by atoms with E-state index >= 15 is 0 Å². The molecule has 1 fully saturated rings. The average molecular weight is 380 g/mol. The van der Waals surface area contributed by atoms with Crippen molar-refractivity contribution in [2.75, 3.05) is 6.54 Å². The fraction of sp³-hybridized carbons (Fsp3) is 0.375. The molecule has 116 valence electrons. The molecule has 2 heterocycles. The molecule has 1 aromatic heterocycles. The van der Waals surface area contributed by atoms with E-state index in [-0.39, 0.29) is 11.2 Å². The van der Waals surface area contributed by atoms with Gasteiger partial charge in [0.25, 0.3) is 0 Å². The Morgan fingerprint density at radius 2 is 2.09 bits per heavy atom. The summed E-state index contributed by atoms with van der Waals surface area (Å²) in [6.45, 7) is 0.792. The van der Waals surface area contributed by atoms with Crippen LogP contribution in [0.3, 0.4) is 0 Å². The number of halogens is 1. The first kappa shape index (κ1) is 15.6. The van der Waals surface area contributed by atoms with Gasteiger partial charge in [0.15, 0.2) is 5.16 Å². The van der Waals surface area contributed by atoms with Crippen LogP contribution in [0.15, 0.2) is 40.1 Å². The highest BCUT2D eigenvalue weighted by Gasteiger charge is 2.24. The largest absolute Gasteiger partial charge is 0.355 e. The lowest BCUT2D eigenvalue weighted by Gasteiger charge is -2.12. The van der Waals surface area contributed by atoms with Gasteiger partial charge in [0.05, 0.1) is 17.1 Å². The standard InChI is InChI=1S/C16H18BrN3OS/c1-20-13(11-5-7-12(17)8-6-11)10-19-16(20)22-14-4-2-3-9-18-15(14)21/h5-8,10,14H,2-4,9H2,1H3,(H,18,21)/t14-/m0/s1. The number of imidazole rings is 1. The molecule has 1 atom stereocenters. The number of hydrogen-bond donors (Lipinski definition) is 1. The molecule has 0 saturated carbocycles. The summed E-state index contributed by atoms with van der Waals surface area (Å²) in [7, 11) is 2.00. The average Bonchev–Trinajstić information content (AvgIpc) is 2.74. The van der Waals surface area contributed by atoms with Crippen LogP contribution in [0.25, 0.3) is 11.3 Å². The van der Waals surface area contributed by atoms with Crippen molar-refractivity contribution in [3.8, 4) is 11.3 Å². The Morgan fingerprint density at radius 1 is 1.32 bits per heavy atom. The van der Waals surface area contributed by atoms with Gasteiger partial charge in [-0.15, -0.1) is 0 Å². The molecule has 4 nitrogen and oxygen atoms in total. The van der Waals surface area contributed by atoms with Crippen LogP contribution in [0.5, 0.6) is 0 Å². The first-order valence-corrected chi connectivity index (χ1v) is 9.04. The first-order valence-electron chi connectivity index (χ1n) is 7.37. The second-order valence-corrected chi connectivity index (χ2v) is 7.47. The number of amides is 1. The highest BCUT2D eigenvalue weighted by Crippen LogP contribution is 2.30. The van der Waals surface area contributed by atoms with Gasteiger partial charge in [-0.05, 0) is 30.5 Å². The van der Waals surface area contributed by atoms with E-state index in [1.165, 1.54) is 0 Å². The quantitative estimate of drug-likeness (QED) is 0.885. The number of hydrogen-bond acceptors (Lipinski definition) is 3. The number of nitrogens with zero attached hydrogens (tertiary/aromatic N) is 2. The topological polar surface area (TPSA) is 46.9 Å². The number of aromatic nitrogens is 2. The molecule has 1 aromatic carbocycles. The van der Waals surface area contributed by atoms with Crippen LogP contribution in [-0.2, 0) is 11.8 Å². The van der Waals surface area contributed by atoms with E-state index < -0.39 is 0 Å².